The molecule has 0 fully saturated rings. The van der Waals surface area contributed by atoms with Crippen LogP contribution in [0.4, 0.5) is 0 Å². The van der Waals surface area contributed by atoms with Gasteiger partial charge in [-0.3, -0.25) is 4.79 Å². The van der Waals surface area contributed by atoms with Gasteiger partial charge in [0.05, 0.1) is 11.6 Å². The van der Waals surface area contributed by atoms with Crippen LogP contribution in [0.25, 0.3) is 11.1 Å². The second-order valence-corrected chi connectivity index (χ2v) is 9.10. The van der Waals surface area contributed by atoms with Crippen molar-refractivity contribution in [1.82, 2.24) is 4.31 Å². The van der Waals surface area contributed by atoms with Crippen LogP contribution in [0, 0.1) is 11.3 Å². The molecule has 28 heavy (non-hydrogen) atoms. The minimum Gasteiger partial charge on any atom is -0.426 e. The van der Waals surface area contributed by atoms with E-state index in [1.165, 1.54) is 13.1 Å². The first-order valence-corrected chi connectivity index (χ1v) is 10.5. The first-order chi connectivity index (χ1) is 13.4. The zero-order valence-corrected chi connectivity index (χ0v) is 16.5. The lowest BCUT2D eigenvalue weighted by molar-refractivity contribution is -0.134. The fraction of sp³-hybridized carbons (Fsp3) is 0.100. The van der Waals surface area contributed by atoms with E-state index in [0.29, 0.717) is 11.3 Å². The van der Waals surface area contributed by atoms with Crippen LogP contribution in [0.5, 0.6) is 5.75 Å². The first kappa shape index (κ1) is 19.8. The molecule has 0 aliphatic carbocycles. The Balaban J connectivity index is 1.63. The number of hydrogen-bond donors (Lipinski definition) is 0. The van der Waals surface area contributed by atoms with E-state index in [9.17, 15) is 13.2 Å². The van der Waals surface area contributed by atoms with Crippen LogP contribution in [-0.4, -0.2) is 32.3 Å². The molecule has 6 nitrogen and oxygen atoms in total. The monoisotopic (exact) mass is 412 g/mol. The van der Waals surface area contributed by atoms with Gasteiger partial charge in [-0.15, -0.1) is 11.3 Å². The minimum atomic E-state index is -3.70. The Labute approximate surface area is 167 Å². The summed E-state index contributed by atoms with van der Waals surface area (Å²) in [7, 11) is -2.37. The average molecular weight is 412 g/mol. The summed E-state index contributed by atoms with van der Waals surface area (Å²) in [5.41, 5.74) is 2.41. The highest BCUT2D eigenvalue weighted by Gasteiger charge is 2.24. The molecule has 0 amide bonds. The number of ether oxygens (including phenoxy) is 1. The van der Waals surface area contributed by atoms with E-state index in [4.69, 9.17) is 10.00 Å². The van der Waals surface area contributed by atoms with Crippen LogP contribution in [0.2, 0.25) is 0 Å². The van der Waals surface area contributed by atoms with Crippen molar-refractivity contribution in [3.05, 3.63) is 71.6 Å². The molecule has 1 heterocycles. The first-order valence-electron chi connectivity index (χ1n) is 8.21. The van der Waals surface area contributed by atoms with Crippen molar-refractivity contribution in [1.29, 1.82) is 5.26 Å². The molecule has 0 bridgehead atoms. The maximum Gasteiger partial charge on any atom is 0.326 e. The second-order valence-electron chi connectivity index (χ2n) is 5.88. The number of hydrogen-bond acceptors (Lipinski definition) is 6. The lowest BCUT2D eigenvalue weighted by Gasteiger charge is -2.15. The van der Waals surface area contributed by atoms with Crippen LogP contribution in [0.3, 0.4) is 0 Å². The molecule has 0 unspecified atom stereocenters. The molecule has 0 aliphatic heterocycles. The minimum absolute atomic E-state index is 0.176. The Morgan fingerprint density at radius 3 is 2.21 bits per heavy atom. The number of carbonyl (C=O) groups excluding carboxylic acids is 1. The summed E-state index contributed by atoms with van der Waals surface area (Å²) in [6, 6.07) is 19.2. The Morgan fingerprint density at radius 1 is 1.07 bits per heavy atom. The molecule has 0 spiro atoms. The third-order valence-corrected chi connectivity index (χ3v) is 7.12. The van der Waals surface area contributed by atoms with Crippen LogP contribution in [0.15, 0.2) is 70.3 Å². The molecule has 142 valence electrons. The summed E-state index contributed by atoms with van der Waals surface area (Å²) in [6.07, 6.45) is 0. The van der Waals surface area contributed by atoms with Crippen LogP contribution in [-0.2, 0) is 14.8 Å². The molecule has 0 atom stereocenters. The highest BCUT2D eigenvalue weighted by Crippen LogP contribution is 2.23. The highest BCUT2D eigenvalue weighted by molar-refractivity contribution is 7.91. The SMILES string of the molecule is CN(CC(=O)Oc1ccc(-c2ccc(C#N)cc2)cc1)S(=O)(=O)c1cccs1. The maximum absolute atomic E-state index is 12.3. The topological polar surface area (TPSA) is 87.5 Å². The molecule has 2 aromatic carbocycles. The van der Waals surface area contributed by atoms with E-state index in [-0.39, 0.29) is 4.21 Å². The van der Waals surface area contributed by atoms with Gasteiger partial charge in [-0.2, -0.15) is 9.57 Å². The average Bonchev–Trinajstić information content (AvgIpc) is 3.24. The molecule has 0 saturated heterocycles. The summed E-state index contributed by atoms with van der Waals surface area (Å²) < 4.78 is 31.1. The smallest absolute Gasteiger partial charge is 0.326 e. The highest BCUT2D eigenvalue weighted by atomic mass is 32.2. The normalized spacial score (nSPS) is 11.2. The fourth-order valence-corrected chi connectivity index (χ4v) is 4.76. The van der Waals surface area contributed by atoms with Gasteiger partial charge in [0.2, 0.25) is 0 Å². The number of sulfonamides is 1. The van der Waals surface area contributed by atoms with Crippen LogP contribution in [0.1, 0.15) is 5.56 Å². The van der Waals surface area contributed by atoms with Crippen molar-refractivity contribution in [2.75, 3.05) is 13.6 Å². The number of thiophene rings is 1. The third-order valence-electron chi connectivity index (χ3n) is 3.94. The Bertz CT molecular complexity index is 1100. The number of carbonyl (C=O) groups is 1. The van der Waals surface area contributed by atoms with E-state index < -0.39 is 22.5 Å². The molecule has 3 aromatic rings. The van der Waals surface area contributed by atoms with Gasteiger partial charge in [0, 0.05) is 7.05 Å². The zero-order valence-electron chi connectivity index (χ0n) is 14.9. The van der Waals surface area contributed by atoms with Gasteiger partial charge in [-0.25, -0.2) is 8.42 Å². The van der Waals surface area contributed by atoms with Crippen LogP contribution >= 0.6 is 11.3 Å². The van der Waals surface area contributed by atoms with E-state index in [1.54, 1.807) is 47.8 Å². The molecule has 0 N–H and O–H groups in total. The maximum atomic E-state index is 12.3. The quantitative estimate of drug-likeness (QED) is 0.457. The lowest BCUT2D eigenvalue weighted by Crippen LogP contribution is -2.33. The molecule has 0 saturated carbocycles. The van der Waals surface area contributed by atoms with Gasteiger partial charge < -0.3 is 4.74 Å². The molecule has 0 radical (unpaired) electrons. The van der Waals surface area contributed by atoms with Crippen LogP contribution < -0.4 is 4.74 Å². The number of rotatable bonds is 6. The molecule has 8 heteroatoms. The Hall–Kier alpha value is -2.99. The van der Waals surface area contributed by atoms with Gasteiger partial charge in [-0.1, -0.05) is 30.3 Å². The van der Waals surface area contributed by atoms with E-state index in [2.05, 4.69) is 6.07 Å². The fourth-order valence-electron chi connectivity index (χ4n) is 2.45. The summed E-state index contributed by atoms with van der Waals surface area (Å²) in [4.78, 5) is 12.1. The van der Waals surface area contributed by atoms with Gasteiger partial charge in [0.1, 0.15) is 16.5 Å². The lowest BCUT2D eigenvalue weighted by atomic mass is 10.0. The van der Waals surface area contributed by atoms with Crippen molar-refractivity contribution in [2.24, 2.45) is 0 Å². The summed E-state index contributed by atoms with van der Waals surface area (Å²) in [5.74, 6) is -0.349. The third kappa shape index (κ3) is 4.46. The standard InChI is InChI=1S/C20H16N2O4S2/c1-22(28(24,25)20-3-2-12-27-20)14-19(23)26-18-10-8-17(9-11-18)16-6-4-15(13-21)5-7-16/h2-12H,14H2,1H3. The summed E-state index contributed by atoms with van der Waals surface area (Å²) >= 11 is 1.09. The second kappa shape index (κ2) is 8.35. The molecular weight excluding hydrogens is 396 g/mol. The van der Waals surface area contributed by atoms with Gasteiger partial charge in [0.25, 0.3) is 10.0 Å². The van der Waals surface area contributed by atoms with E-state index in [1.807, 2.05) is 12.1 Å². The largest absolute Gasteiger partial charge is 0.426 e. The predicted molar refractivity (Wildman–Crippen MR) is 106 cm³/mol. The van der Waals surface area contributed by atoms with Gasteiger partial charge in [0.15, 0.2) is 0 Å². The molecule has 1 aromatic heterocycles. The summed E-state index contributed by atoms with van der Waals surface area (Å²) in [6.45, 7) is -0.391. The van der Waals surface area contributed by atoms with Gasteiger partial charge in [-0.05, 0) is 46.8 Å². The number of nitrogens with zero attached hydrogens (tertiary/aromatic N) is 2. The van der Waals surface area contributed by atoms with Crippen molar-refractivity contribution in [3.63, 3.8) is 0 Å². The Morgan fingerprint density at radius 2 is 1.68 bits per heavy atom. The zero-order chi connectivity index (χ0) is 20.1. The number of esters is 1. The van der Waals surface area contributed by atoms with Crippen molar-refractivity contribution in [3.8, 4) is 22.9 Å². The molecule has 0 aliphatic rings. The summed E-state index contributed by atoms with van der Waals surface area (Å²) in [5, 5.41) is 10.5. The molecule has 3 rings (SSSR count). The van der Waals surface area contributed by atoms with Crippen molar-refractivity contribution >= 4 is 27.3 Å². The van der Waals surface area contributed by atoms with Crippen molar-refractivity contribution in [2.45, 2.75) is 4.21 Å². The number of nitriles is 1. The predicted octanol–water partition coefficient (Wildman–Crippen LogP) is 3.51. The molecular formula is C20H16N2O4S2. The van der Waals surface area contributed by atoms with Gasteiger partial charge >= 0.3 is 5.97 Å². The van der Waals surface area contributed by atoms with Crippen molar-refractivity contribution < 1.29 is 17.9 Å². The number of likely N-dealkylation sites (N-methyl/N-ethyl adjacent to an activating group) is 1. The van der Waals surface area contributed by atoms with E-state index >= 15 is 0 Å². The van der Waals surface area contributed by atoms with E-state index in [0.717, 1.165) is 26.8 Å². The Kier molecular flexibility index (Phi) is 5.90. The number of benzene rings is 2.